The molecule has 2 aromatic rings. The van der Waals surface area contributed by atoms with Crippen molar-refractivity contribution in [2.75, 3.05) is 0 Å². The minimum absolute atomic E-state index is 0.0881. The maximum Gasteiger partial charge on any atom is 0.459 e. The van der Waals surface area contributed by atoms with Gasteiger partial charge in [0, 0.05) is 31.1 Å². The fourth-order valence-electron chi connectivity index (χ4n) is 2.71. The van der Waals surface area contributed by atoms with Crippen LogP contribution in [0, 0.1) is 0 Å². The second-order valence-corrected chi connectivity index (χ2v) is 7.45. The lowest BCUT2D eigenvalue weighted by Gasteiger charge is -2.17. The highest BCUT2D eigenvalue weighted by Gasteiger charge is 2.62. The van der Waals surface area contributed by atoms with E-state index in [0.717, 1.165) is 32.3 Å². The van der Waals surface area contributed by atoms with Gasteiger partial charge in [0.05, 0.1) is 10.6 Å². The number of nitrogens with one attached hydrogen (secondary N) is 1. The van der Waals surface area contributed by atoms with Crippen LogP contribution in [-0.2, 0) is 13.0 Å². The number of hydrogen-bond donors (Lipinski definition) is 3. The van der Waals surface area contributed by atoms with Crippen molar-refractivity contribution in [1.29, 1.82) is 0 Å². The number of nitrogens with two attached hydrogens (primary N) is 1. The first-order valence-corrected chi connectivity index (χ1v) is 9.52. The topological polar surface area (TPSA) is 106 Å². The maximum atomic E-state index is 13.6. The molecule has 0 saturated heterocycles. The molecule has 3 rings (SSSR count). The van der Waals surface area contributed by atoms with E-state index >= 15 is 0 Å². The number of nitrogens with zero attached hydrogens (tertiary/aromatic N) is 3. The summed E-state index contributed by atoms with van der Waals surface area (Å²) in [5.74, 6) is -7.85. The van der Waals surface area contributed by atoms with Crippen LogP contribution in [0.5, 0.6) is 5.75 Å². The van der Waals surface area contributed by atoms with Gasteiger partial charge in [0.2, 0.25) is 0 Å². The van der Waals surface area contributed by atoms with Crippen LogP contribution in [0.25, 0.3) is 5.57 Å². The van der Waals surface area contributed by atoms with Crippen molar-refractivity contribution in [3.8, 4) is 5.75 Å². The number of carbonyl (C=O) groups excluding carboxylic acids is 1. The van der Waals surface area contributed by atoms with Crippen LogP contribution >= 0.6 is 11.6 Å². The van der Waals surface area contributed by atoms with Gasteiger partial charge in [0.25, 0.3) is 5.91 Å². The van der Waals surface area contributed by atoms with E-state index < -0.39 is 35.3 Å². The molecule has 1 fully saturated rings. The third-order valence-electron chi connectivity index (χ3n) is 4.61. The van der Waals surface area contributed by atoms with E-state index in [-0.39, 0.29) is 22.2 Å². The third-order valence-corrected chi connectivity index (χ3v) is 4.94. The van der Waals surface area contributed by atoms with Gasteiger partial charge in [-0.1, -0.05) is 17.7 Å². The zero-order valence-electron chi connectivity index (χ0n) is 16.4. The Bertz CT molecular complexity index is 1110. The number of allylic oxidation sites excluding steroid dienone is 1. The minimum Gasteiger partial charge on any atom is -0.503 e. The van der Waals surface area contributed by atoms with E-state index in [2.05, 4.69) is 15.4 Å². The van der Waals surface area contributed by atoms with Crippen molar-refractivity contribution in [3.05, 3.63) is 46.2 Å². The number of rotatable bonds is 6. The minimum atomic E-state index is -5.96. The van der Waals surface area contributed by atoms with Crippen LogP contribution in [0.2, 0.25) is 5.02 Å². The third kappa shape index (κ3) is 4.54. The van der Waals surface area contributed by atoms with E-state index in [4.69, 9.17) is 17.3 Å². The van der Waals surface area contributed by atoms with Crippen LogP contribution < -0.4 is 11.1 Å². The molecule has 1 heterocycles. The van der Waals surface area contributed by atoms with Gasteiger partial charge in [0.1, 0.15) is 0 Å². The Morgan fingerprint density at radius 3 is 2.56 bits per heavy atom. The normalized spacial score (nSPS) is 15.4. The smallest absolute Gasteiger partial charge is 0.459 e. The number of halogens is 6. The molecule has 1 aromatic carbocycles. The summed E-state index contributed by atoms with van der Waals surface area (Å²) < 4.78 is 65.7. The van der Waals surface area contributed by atoms with Crippen LogP contribution in [0.3, 0.4) is 0 Å². The van der Waals surface area contributed by atoms with E-state index in [1.54, 1.807) is 0 Å². The highest BCUT2D eigenvalue weighted by atomic mass is 35.5. The number of carbonyl (C=O) groups is 1. The van der Waals surface area contributed by atoms with Crippen LogP contribution in [0.15, 0.2) is 29.4 Å². The fourth-order valence-corrected chi connectivity index (χ4v) is 2.91. The number of aromatic hydroxyl groups is 1. The molecule has 1 aromatic heterocycles. The SMILES string of the molecule is Cn1nc(C(F)(F)C(F)(F)F)c(O)c1N=CC(=CN)c1ccc(Cl)c(C(=O)NC2CC2)c1. The lowest BCUT2D eigenvalue weighted by atomic mass is 10.0. The summed E-state index contributed by atoms with van der Waals surface area (Å²) in [5, 5.41) is 15.9. The first-order chi connectivity index (χ1) is 14.9. The second-order valence-electron chi connectivity index (χ2n) is 7.04. The average molecular weight is 478 g/mol. The summed E-state index contributed by atoms with van der Waals surface area (Å²) in [6.45, 7) is 0. The molecule has 0 aliphatic heterocycles. The summed E-state index contributed by atoms with van der Waals surface area (Å²) in [6, 6.07) is 4.47. The molecule has 4 N–H and O–H groups in total. The Morgan fingerprint density at radius 2 is 2.00 bits per heavy atom. The van der Waals surface area contributed by atoms with Gasteiger partial charge in [-0.2, -0.15) is 27.1 Å². The monoisotopic (exact) mass is 477 g/mol. The quantitative estimate of drug-likeness (QED) is 0.431. The molecule has 1 saturated carbocycles. The van der Waals surface area contributed by atoms with E-state index in [0.29, 0.717) is 10.2 Å². The highest BCUT2D eigenvalue weighted by molar-refractivity contribution is 6.34. The van der Waals surface area contributed by atoms with E-state index in [1.165, 1.54) is 18.2 Å². The standard InChI is InChI=1S/C19H17ClF5N5O2/c1-30-16(14(31)15(29-30)18(21,22)19(23,24)25)27-8-10(7-26)9-2-5-13(20)12(6-9)17(32)28-11-3-4-11/h2,5-8,11,31H,3-4,26H2,1H3,(H,28,32). The largest absolute Gasteiger partial charge is 0.503 e. The van der Waals surface area contributed by atoms with Crippen molar-refractivity contribution < 1.29 is 31.9 Å². The van der Waals surface area contributed by atoms with Gasteiger partial charge in [0.15, 0.2) is 17.3 Å². The molecule has 1 aliphatic rings. The first kappa shape index (κ1) is 23.5. The Morgan fingerprint density at radius 1 is 1.34 bits per heavy atom. The molecule has 7 nitrogen and oxygen atoms in total. The molecule has 0 atom stereocenters. The van der Waals surface area contributed by atoms with Gasteiger partial charge in [-0.25, -0.2) is 9.67 Å². The Balaban J connectivity index is 1.92. The van der Waals surface area contributed by atoms with E-state index in [9.17, 15) is 31.9 Å². The molecule has 1 aliphatic carbocycles. The van der Waals surface area contributed by atoms with Crippen LogP contribution in [0.4, 0.5) is 27.8 Å². The van der Waals surface area contributed by atoms with Crippen molar-refractivity contribution in [2.45, 2.75) is 31.0 Å². The second kappa shape index (κ2) is 8.41. The molecule has 0 bridgehead atoms. The average Bonchev–Trinajstić information content (AvgIpc) is 3.47. The van der Waals surface area contributed by atoms with Crippen LogP contribution in [-0.4, -0.2) is 39.2 Å². The lowest BCUT2D eigenvalue weighted by Crippen LogP contribution is -2.34. The fraction of sp³-hybridized carbons (Fsp3) is 0.316. The summed E-state index contributed by atoms with van der Waals surface area (Å²) in [6.07, 6.45) is -2.12. The predicted octanol–water partition coefficient (Wildman–Crippen LogP) is 4.03. The van der Waals surface area contributed by atoms with Crippen molar-refractivity contribution in [3.63, 3.8) is 0 Å². The zero-order chi connectivity index (χ0) is 23.8. The van der Waals surface area contributed by atoms with Gasteiger partial charge in [-0.3, -0.25) is 4.79 Å². The summed E-state index contributed by atoms with van der Waals surface area (Å²) in [5.41, 5.74) is 4.42. The molecule has 1 amide bonds. The van der Waals surface area contributed by atoms with Crippen molar-refractivity contribution >= 4 is 35.1 Å². The molecule has 0 unspecified atom stereocenters. The maximum absolute atomic E-state index is 13.6. The predicted molar refractivity (Wildman–Crippen MR) is 107 cm³/mol. The molecular weight excluding hydrogens is 461 g/mol. The van der Waals surface area contributed by atoms with Gasteiger partial charge < -0.3 is 16.2 Å². The Labute approximate surface area is 183 Å². The number of amides is 1. The van der Waals surface area contributed by atoms with Crippen molar-refractivity contribution in [1.82, 2.24) is 15.1 Å². The number of aryl methyl sites for hydroxylation is 1. The van der Waals surface area contributed by atoms with Crippen LogP contribution in [0.1, 0.15) is 34.5 Å². The number of benzene rings is 1. The Kier molecular flexibility index (Phi) is 6.18. The molecule has 32 heavy (non-hydrogen) atoms. The van der Waals surface area contributed by atoms with E-state index in [1.807, 2.05) is 0 Å². The summed E-state index contributed by atoms with van der Waals surface area (Å²) in [4.78, 5) is 16.1. The molecular formula is C19H17ClF5N5O2. The number of aliphatic imine (C=N–C) groups is 1. The van der Waals surface area contributed by atoms with Gasteiger partial charge >= 0.3 is 12.1 Å². The molecule has 13 heteroatoms. The summed E-state index contributed by atoms with van der Waals surface area (Å²) in [7, 11) is 1.04. The molecule has 0 spiro atoms. The number of aromatic nitrogens is 2. The lowest BCUT2D eigenvalue weighted by molar-refractivity contribution is -0.291. The van der Waals surface area contributed by atoms with Crippen molar-refractivity contribution in [2.24, 2.45) is 17.8 Å². The summed E-state index contributed by atoms with van der Waals surface area (Å²) >= 11 is 6.09. The zero-order valence-corrected chi connectivity index (χ0v) is 17.2. The van der Waals surface area contributed by atoms with Gasteiger partial charge in [-0.05, 0) is 30.5 Å². The molecule has 0 radical (unpaired) electrons. The van der Waals surface area contributed by atoms with Gasteiger partial charge in [-0.15, -0.1) is 0 Å². The number of alkyl halides is 5. The Hall–Kier alpha value is -3.15. The molecule has 172 valence electrons. The highest BCUT2D eigenvalue weighted by Crippen LogP contribution is 2.48. The first-order valence-electron chi connectivity index (χ1n) is 9.14. The number of hydrogen-bond acceptors (Lipinski definition) is 5.